The maximum absolute atomic E-state index is 10.7. The summed E-state index contributed by atoms with van der Waals surface area (Å²) < 4.78 is 0. The highest BCUT2D eigenvalue weighted by Gasteiger charge is 2.39. The lowest BCUT2D eigenvalue weighted by atomic mass is 9.88. The molecule has 1 rings (SSSR count). The Morgan fingerprint density at radius 1 is 1.70 bits per heavy atom. The summed E-state index contributed by atoms with van der Waals surface area (Å²) in [5.41, 5.74) is -0.417. The zero-order valence-electron chi connectivity index (χ0n) is 6.55. The van der Waals surface area contributed by atoms with E-state index in [9.17, 15) is 4.79 Å². The van der Waals surface area contributed by atoms with E-state index in [1.807, 2.05) is 6.92 Å². The van der Waals surface area contributed by atoms with Crippen LogP contribution in [0.5, 0.6) is 0 Å². The second-order valence-electron chi connectivity index (χ2n) is 3.71. The van der Waals surface area contributed by atoms with Crippen LogP contribution in [0.15, 0.2) is 0 Å². The Labute approximate surface area is 61.2 Å². The third-order valence-corrected chi connectivity index (χ3v) is 2.50. The predicted molar refractivity (Wildman–Crippen MR) is 38.8 cm³/mol. The van der Waals surface area contributed by atoms with Gasteiger partial charge in [0.25, 0.3) is 0 Å². The summed E-state index contributed by atoms with van der Waals surface area (Å²) in [5, 5.41) is 8.79. The standard InChI is InChI=1S/C8H14O2/c1-6-3-4-8(2,5-6)7(9)10/h6H,3-5H2,1-2H3,(H,9,10)/t6-,8-/m1/s1. The summed E-state index contributed by atoms with van der Waals surface area (Å²) in [6, 6.07) is 0. The Bertz CT molecular complexity index is 153. The molecule has 10 heavy (non-hydrogen) atoms. The number of aliphatic carboxylic acids is 1. The maximum atomic E-state index is 10.7. The molecule has 2 atom stereocenters. The number of hydrogen-bond acceptors (Lipinski definition) is 1. The van der Waals surface area contributed by atoms with Crippen molar-refractivity contribution in [3.63, 3.8) is 0 Å². The van der Waals surface area contributed by atoms with Gasteiger partial charge >= 0.3 is 5.97 Å². The van der Waals surface area contributed by atoms with E-state index in [0.29, 0.717) is 5.92 Å². The molecule has 0 radical (unpaired) electrons. The SMILES string of the molecule is C[C@@H]1CC[C@@](C)(C(=O)O)C1. The quantitative estimate of drug-likeness (QED) is 0.607. The minimum absolute atomic E-state index is 0.417. The first-order chi connectivity index (χ1) is 4.54. The lowest BCUT2D eigenvalue weighted by Crippen LogP contribution is -2.23. The fourth-order valence-electron chi connectivity index (χ4n) is 1.73. The van der Waals surface area contributed by atoms with E-state index in [1.54, 1.807) is 0 Å². The maximum Gasteiger partial charge on any atom is 0.309 e. The first-order valence-corrected chi connectivity index (χ1v) is 3.78. The number of carbonyl (C=O) groups is 1. The highest BCUT2D eigenvalue weighted by Crippen LogP contribution is 2.41. The van der Waals surface area contributed by atoms with E-state index in [1.165, 1.54) is 0 Å². The molecule has 0 aromatic rings. The van der Waals surface area contributed by atoms with Gasteiger partial charge < -0.3 is 5.11 Å². The summed E-state index contributed by atoms with van der Waals surface area (Å²) in [5.74, 6) is -0.0297. The molecule has 58 valence electrons. The largest absolute Gasteiger partial charge is 0.481 e. The van der Waals surface area contributed by atoms with Crippen molar-refractivity contribution in [2.45, 2.75) is 33.1 Å². The Morgan fingerprint density at radius 2 is 2.30 bits per heavy atom. The summed E-state index contributed by atoms with van der Waals surface area (Å²) in [6.07, 6.45) is 2.77. The fraction of sp³-hybridized carbons (Fsp3) is 0.875. The third kappa shape index (κ3) is 1.15. The monoisotopic (exact) mass is 142 g/mol. The molecule has 1 aliphatic carbocycles. The van der Waals surface area contributed by atoms with Gasteiger partial charge in [-0.1, -0.05) is 6.92 Å². The highest BCUT2D eigenvalue weighted by atomic mass is 16.4. The lowest BCUT2D eigenvalue weighted by Gasteiger charge is -2.16. The number of rotatable bonds is 1. The number of carboxylic acids is 1. The number of hydrogen-bond donors (Lipinski definition) is 1. The van der Waals surface area contributed by atoms with Crippen LogP contribution in [0, 0.1) is 11.3 Å². The first-order valence-electron chi connectivity index (χ1n) is 3.78. The van der Waals surface area contributed by atoms with Crippen molar-refractivity contribution < 1.29 is 9.90 Å². The summed E-state index contributed by atoms with van der Waals surface area (Å²) >= 11 is 0. The molecule has 0 saturated heterocycles. The van der Waals surface area contributed by atoms with E-state index in [2.05, 4.69) is 6.92 Å². The molecule has 0 aromatic heterocycles. The van der Waals surface area contributed by atoms with Crippen LogP contribution in [0.2, 0.25) is 0 Å². The molecule has 2 heteroatoms. The smallest absolute Gasteiger partial charge is 0.309 e. The van der Waals surface area contributed by atoms with Gasteiger partial charge in [-0.05, 0) is 32.1 Å². The second-order valence-corrected chi connectivity index (χ2v) is 3.71. The minimum atomic E-state index is -0.628. The van der Waals surface area contributed by atoms with E-state index >= 15 is 0 Å². The van der Waals surface area contributed by atoms with E-state index < -0.39 is 11.4 Å². The Morgan fingerprint density at radius 3 is 2.50 bits per heavy atom. The van der Waals surface area contributed by atoms with Crippen molar-refractivity contribution in [2.75, 3.05) is 0 Å². The Balaban J connectivity index is 2.63. The average Bonchev–Trinajstić information content (AvgIpc) is 2.13. The Kier molecular flexibility index (Phi) is 1.71. The molecule has 0 aromatic carbocycles. The van der Waals surface area contributed by atoms with Gasteiger partial charge in [0.1, 0.15) is 0 Å². The van der Waals surface area contributed by atoms with Crippen LogP contribution in [0.25, 0.3) is 0 Å². The van der Waals surface area contributed by atoms with Crippen LogP contribution in [-0.4, -0.2) is 11.1 Å². The predicted octanol–water partition coefficient (Wildman–Crippen LogP) is 1.90. The molecular weight excluding hydrogens is 128 g/mol. The minimum Gasteiger partial charge on any atom is -0.481 e. The van der Waals surface area contributed by atoms with Crippen molar-refractivity contribution in [1.82, 2.24) is 0 Å². The topological polar surface area (TPSA) is 37.3 Å². The van der Waals surface area contributed by atoms with Crippen molar-refractivity contribution in [2.24, 2.45) is 11.3 Å². The van der Waals surface area contributed by atoms with Crippen molar-refractivity contribution in [3.05, 3.63) is 0 Å². The van der Waals surface area contributed by atoms with Gasteiger partial charge in [-0.3, -0.25) is 4.79 Å². The van der Waals surface area contributed by atoms with Crippen LogP contribution in [0.3, 0.4) is 0 Å². The molecule has 0 unspecified atom stereocenters. The molecule has 1 N–H and O–H groups in total. The van der Waals surface area contributed by atoms with E-state index in [-0.39, 0.29) is 0 Å². The molecule has 2 nitrogen and oxygen atoms in total. The number of carboxylic acid groups (broad SMARTS) is 1. The van der Waals surface area contributed by atoms with Crippen LogP contribution >= 0.6 is 0 Å². The van der Waals surface area contributed by atoms with Crippen LogP contribution in [0.4, 0.5) is 0 Å². The first kappa shape index (κ1) is 7.58. The molecule has 1 saturated carbocycles. The van der Waals surface area contributed by atoms with Gasteiger partial charge in [0.15, 0.2) is 0 Å². The third-order valence-electron chi connectivity index (χ3n) is 2.50. The molecule has 1 fully saturated rings. The molecule has 0 spiro atoms. The van der Waals surface area contributed by atoms with E-state index in [0.717, 1.165) is 19.3 Å². The highest BCUT2D eigenvalue weighted by molar-refractivity contribution is 5.74. The summed E-state index contributed by atoms with van der Waals surface area (Å²) in [6.45, 7) is 3.97. The van der Waals surface area contributed by atoms with Crippen LogP contribution in [0.1, 0.15) is 33.1 Å². The average molecular weight is 142 g/mol. The fourth-order valence-corrected chi connectivity index (χ4v) is 1.73. The Hall–Kier alpha value is -0.530. The van der Waals surface area contributed by atoms with Gasteiger partial charge in [-0.2, -0.15) is 0 Å². The zero-order valence-corrected chi connectivity index (χ0v) is 6.55. The lowest BCUT2D eigenvalue weighted by molar-refractivity contribution is -0.147. The van der Waals surface area contributed by atoms with Crippen LogP contribution < -0.4 is 0 Å². The molecule has 0 heterocycles. The van der Waals surface area contributed by atoms with Crippen LogP contribution in [-0.2, 0) is 4.79 Å². The van der Waals surface area contributed by atoms with Crippen molar-refractivity contribution in [3.8, 4) is 0 Å². The zero-order chi connectivity index (χ0) is 7.78. The molecular formula is C8H14O2. The molecule has 0 aliphatic heterocycles. The van der Waals surface area contributed by atoms with Gasteiger partial charge in [-0.25, -0.2) is 0 Å². The van der Waals surface area contributed by atoms with Gasteiger partial charge in [0.05, 0.1) is 5.41 Å². The second kappa shape index (κ2) is 2.26. The van der Waals surface area contributed by atoms with Gasteiger partial charge in [0.2, 0.25) is 0 Å². The molecule has 1 aliphatic rings. The summed E-state index contributed by atoms with van der Waals surface area (Å²) in [7, 11) is 0. The van der Waals surface area contributed by atoms with Crippen molar-refractivity contribution in [1.29, 1.82) is 0 Å². The van der Waals surface area contributed by atoms with E-state index in [4.69, 9.17) is 5.11 Å². The molecule has 0 amide bonds. The summed E-state index contributed by atoms with van der Waals surface area (Å²) in [4.78, 5) is 10.7. The molecule has 0 bridgehead atoms. The van der Waals surface area contributed by atoms with Gasteiger partial charge in [-0.15, -0.1) is 0 Å². The normalized spacial score (nSPS) is 40.0. The van der Waals surface area contributed by atoms with Crippen molar-refractivity contribution >= 4 is 5.97 Å². The van der Waals surface area contributed by atoms with Gasteiger partial charge in [0, 0.05) is 0 Å².